The number of carbonyl (C=O) groups excluding carboxylic acids is 4. The predicted octanol–water partition coefficient (Wildman–Crippen LogP) is 6.01. The first kappa shape index (κ1) is 39.5. The molecule has 242 valence electrons. The Morgan fingerprint density at radius 1 is 0.905 bits per heavy atom. The van der Waals surface area contributed by atoms with Gasteiger partial charge in [0.2, 0.25) is 11.8 Å². The van der Waals surface area contributed by atoms with Crippen LogP contribution in [0.5, 0.6) is 0 Å². The molecule has 0 aromatic heterocycles. The molecule has 4 amide bonds. The molecular formula is C31H56N2O8Si. The van der Waals surface area contributed by atoms with Gasteiger partial charge in [-0.05, 0) is 43.8 Å². The van der Waals surface area contributed by atoms with Crippen molar-refractivity contribution in [2.24, 2.45) is 22.7 Å². The molecule has 0 aromatic rings. The maximum absolute atomic E-state index is 13.1. The van der Waals surface area contributed by atoms with Gasteiger partial charge in [0.15, 0.2) is 8.32 Å². The molecule has 0 bridgehead atoms. The zero-order chi connectivity index (χ0) is 32.1. The Morgan fingerprint density at radius 2 is 1.26 bits per heavy atom. The molecule has 0 spiro atoms. The monoisotopic (exact) mass is 612 g/mol. The summed E-state index contributed by atoms with van der Waals surface area (Å²) < 4.78 is 16.2. The SMILES string of the molecule is C.C=C[C@](C)(CO)C(=O)N1C(=O)OC[C@H]1C(C)C.C=C[C@](C)(CO[Si](C)(C)C(C)(C)C)C(=O)N1C(=O)OC[C@H]1C(C)C. The molecule has 2 aliphatic heterocycles. The zero-order valence-corrected chi connectivity index (χ0v) is 27.9. The molecular weight excluding hydrogens is 556 g/mol. The van der Waals surface area contributed by atoms with Crippen LogP contribution in [0, 0.1) is 22.7 Å². The summed E-state index contributed by atoms with van der Waals surface area (Å²) in [6.07, 6.45) is 1.73. The third kappa shape index (κ3) is 8.54. The number of aliphatic hydroxyl groups excluding tert-OH is 1. The Hall–Kier alpha value is -2.50. The van der Waals surface area contributed by atoms with E-state index in [0.717, 1.165) is 4.90 Å². The number of ether oxygens (including phenoxy) is 2. The van der Waals surface area contributed by atoms with Crippen molar-refractivity contribution in [3.8, 4) is 0 Å². The van der Waals surface area contributed by atoms with Gasteiger partial charge in [-0.2, -0.15) is 0 Å². The van der Waals surface area contributed by atoms with Crippen LogP contribution in [0.15, 0.2) is 25.3 Å². The summed E-state index contributed by atoms with van der Waals surface area (Å²) in [4.78, 5) is 51.3. The van der Waals surface area contributed by atoms with Gasteiger partial charge in [-0.25, -0.2) is 19.4 Å². The molecule has 0 unspecified atom stereocenters. The highest BCUT2D eigenvalue weighted by Crippen LogP contribution is 2.38. The normalized spacial score (nSPS) is 21.9. The Bertz CT molecular complexity index is 1010. The van der Waals surface area contributed by atoms with Gasteiger partial charge in [0.1, 0.15) is 13.2 Å². The Kier molecular flexibility index (Phi) is 13.9. The molecule has 11 heteroatoms. The van der Waals surface area contributed by atoms with E-state index in [9.17, 15) is 24.3 Å². The minimum absolute atomic E-state index is 0. The van der Waals surface area contributed by atoms with Gasteiger partial charge in [-0.1, -0.05) is 68.0 Å². The van der Waals surface area contributed by atoms with Crippen LogP contribution >= 0.6 is 0 Å². The Labute approximate surface area is 254 Å². The second-order valence-corrected chi connectivity index (χ2v) is 18.4. The van der Waals surface area contributed by atoms with Crippen LogP contribution in [0.25, 0.3) is 0 Å². The van der Waals surface area contributed by atoms with Gasteiger partial charge in [0.05, 0.1) is 36.1 Å². The van der Waals surface area contributed by atoms with E-state index in [1.807, 2.05) is 27.7 Å². The number of cyclic esters (lactones) is 2. The summed E-state index contributed by atoms with van der Waals surface area (Å²) in [5, 5.41) is 9.30. The summed E-state index contributed by atoms with van der Waals surface area (Å²) >= 11 is 0. The third-order valence-corrected chi connectivity index (χ3v) is 13.0. The van der Waals surface area contributed by atoms with Gasteiger partial charge < -0.3 is 19.0 Å². The fraction of sp³-hybridized carbons (Fsp3) is 0.742. The van der Waals surface area contributed by atoms with Crippen LogP contribution in [-0.2, 0) is 23.5 Å². The molecule has 1 N–H and O–H groups in total. The lowest BCUT2D eigenvalue weighted by Gasteiger charge is -2.39. The van der Waals surface area contributed by atoms with Gasteiger partial charge in [0, 0.05) is 0 Å². The number of imide groups is 2. The molecule has 0 saturated carbocycles. The van der Waals surface area contributed by atoms with E-state index >= 15 is 0 Å². The zero-order valence-electron chi connectivity index (χ0n) is 26.9. The predicted molar refractivity (Wildman–Crippen MR) is 167 cm³/mol. The van der Waals surface area contributed by atoms with Crippen molar-refractivity contribution in [2.75, 3.05) is 26.4 Å². The number of amides is 4. The fourth-order valence-corrected chi connectivity index (χ4v) is 4.94. The van der Waals surface area contributed by atoms with E-state index in [1.54, 1.807) is 19.9 Å². The van der Waals surface area contributed by atoms with Crippen LogP contribution in [0.1, 0.15) is 69.7 Å². The van der Waals surface area contributed by atoms with E-state index in [4.69, 9.17) is 13.9 Å². The summed E-state index contributed by atoms with van der Waals surface area (Å²) in [5.41, 5.74) is -2.09. The molecule has 4 atom stereocenters. The molecule has 0 radical (unpaired) electrons. The number of carbonyl (C=O) groups is 4. The van der Waals surface area contributed by atoms with Crippen molar-refractivity contribution < 1.29 is 38.2 Å². The molecule has 0 aliphatic carbocycles. The molecule has 2 fully saturated rings. The minimum atomic E-state index is -2.01. The first-order valence-electron chi connectivity index (χ1n) is 14.2. The second-order valence-electron chi connectivity index (χ2n) is 13.6. The van der Waals surface area contributed by atoms with Crippen molar-refractivity contribution in [2.45, 2.75) is 100.0 Å². The molecule has 2 rings (SSSR count). The van der Waals surface area contributed by atoms with Crippen molar-refractivity contribution in [1.29, 1.82) is 0 Å². The lowest BCUT2D eigenvalue weighted by molar-refractivity contribution is -0.139. The lowest BCUT2D eigenvalue weighted by atomic mass is 9.89. The highest BCUT2D eigenvalue weighted by atomic mass is 28.4. The Morgan fingerprint density at radius 3 is 1.55 bits per heavy atom. The van der Waals surface area contributed by atoms with Crippen LogP contribution in [0.3, 0.4) is 0 Å². The third-order valence-electron chi connectivity index (χ3n) is 8.53. The fourth-order valence-electron chi connectivity index (χ4n) is 3.85. The van der Waals surface area contributed by atoms with Crippen LogP contribution in [-0.4, -0.2) is 85.7 Å². The van der Waals surface area contributed by atoms with Crippen molar-refractivity contribution in [3.63, 3.8) is 0 Å². The summed E-state index contributed by atoms with van der Waals surface area (Å²) in [6.45, 7) is 29.5. The van der Waals surface area contributed by atoms with E-state index in [1.165, 1.54) is 11.0 Å². The molecule has 2 saturated heterocycles. The highest BCUT2D eigenvalue weighted by molar-refractivity contribution is 6.74. The van der Waals surface area contributed by atoms with Gasteiger partial charge >= 0.3 is 12.2 Å². The molecule has 42 heavy (non-hydrogen) atoms. The summed E-state index contributed by atoms with van der Waals surface area (Å²) in [7, 11) is -2.01. The van der Waals surface area contributed by atoms with Crippen LogP contribution < -0.4 is 0 Å². The summed E-state index contributed by atoms with van der Waals surface area (Å²) in [5.74, 6) is -0.512. The molecule has 10 nitrogen and oxygen atoms in total. The van der Waals surface area contributed by atoms with Gasteiger partial charge in [-0.15, -0.1) is 13.2 Å². The molecule has 0 aromatic carbocycles. The van der Waals surface area contributed by atoms with Gasteiger partial charge in [0.25, 0.3) is 0 Å². The van der Waals surface area contributed by atoms with E-state index in [-0.39, 0.29) is 68.7 Å². The number of nitrogens with zero attached hydrogens (tertiary/aromatic N) is 2. The Balaban J connectivity index is 0.000000825. The van der Waals surface area contributed by atoms with Crippen LogP contribution in [0.2, 0.25) is 18.1 Å². The smallest absolute Gasteiger partial charge is 0.417 e. The van der Waals surface area contributed by atoms with Crippen molar-refractivity contribution in [1.82, 2.24) is 9.80 Å². The number of hydrogen-bond acceptors (Lipinski definition) is 8. The maximum Gasteiger partial charge on any atom is 0.417 e. The number of rotatable bonds is 10. The largest absolute Gasteiger partial charge is 0.447 e. The topological polar surface area (TPSA) is 123 Å². The molecule has 2 heterocycles. The standard InChI is InChI=1S/C18H33NO4Si.C12H19NO4.CH4/c1-10-18(7,12-23-24(8,9)17(4,5)6)15(20)19-14(13(2)3)11-22-16(19)21;1-5-12(4,7-14)10(15)13-9(8(2)3)6-17-11(13)16;/h10,13-14H,1,11-12H2,2-9H3;5,8-9,14H,1,6-7H2,2-4H3;1H4/t14-,18+;9-,12+;/m00./s1. The number of aliphatic hydroxyl groups is 1. The number of hydrogen-bond donors (Lipinski definition) is 1. The average molecular weight is 613 g/mol. The average Bonchev–Trinajstić information content (AvgIpc) is 3.48. The van der Waals surface area contributed by atoms with Crippen molar-refractivity contribution >= 4 is 32.3 Å². The van der Waals surface area contributed by atoms with Crippen molar-refractivity contribution in [3.05, 3.63) is 25.3 Å². The minimum Gasteiger partial charge on any atom is -0.447 e. The first-order valence-corrected chi connectivity index (χ1v) is 17.1. The lowest BCUT2D eigenvalue weighted by Crippen LogP contribution is -2.51. The summed E-state index contributed by atoms with van der Waals surface area (Å²) in [6, 6.07) is -0.516. The first-order chi connectivity index (χ1) is 18.6. The molecule has 2 aliphatic rings. The van der Waals surface area contributed by atoms with Crippen LogP contribution in [0.4, 0.5) is 9.59 Å². The van der Waals surface area contributed by atoms with E-state index < -0.39 is 37.2 Å². The second kappa shape index (κ2) is 14.8. The van der Waals surface area contributed by atoms with E-state index in [0.29, 0.717) is 0 Å². The van der Waals surface area contributed by atoms with Gasteiger partial charge in [-0.3, -0.25) is 9.59 Å². The highest BCUT2D eigenvalue weighted by Gasteiger charge is 2.48. The quantitative estimate of drug-likeness (QED) is 0.235. The van der Waals surface area contributed by atoms with E-state index in [2.05, 4.69) is 47.0 Å². The maximum atomic E-state index is 13.1.